The number of nitro groups is 1. The summed E-state index contributed by atoms with van der Waals surface area (Å²) in [5.41, 5.74) is 0.807. The highest BCUT2D eigenvalue weighted by Gasteiger charge is 2.35. The third kappa shape index (κ3) is 8.54. The van der Waals surface area contributed by atoms with Crippen LogP contribution in [0.25, 0.3) is 0 Å². The monoisotopic (exact) mass is 646 g/mol. The summed E-state index contributed by atoms with van der Waals surface area (Å²) >= 11 is 0. The second-order valence-electron chi connectivity index (χ2n) is 10.8. The first-order valence-corrected chi connectivity index (χ1v) is 16.1. The Morgan fingerprint density at radius 3 is 2.13 bits per heavy atom. The fourth-order valence-corrected chi connectivity index (χ4v) is 6.22. The molecule has 240 valence electrons. The number of non-ortho nitro benzene ring substituents is 1. The summed E-state index contributed by atoms with van der Waals surface area (Å²) in [5.74, 6) is -1.67. The van der Waals surface area contributed by atoms with Gasteiger partial charge in [0.1, 0.15) is 18.4 Å². The maximum absolute atomic E-state index is 14.4. The molecular weight excluding hydrogens is 611 g/mol. The molecule has 0 saturated carbocycles. The van der Waals surface area contributed by atoms with Crippen molar-refractivity contribution in [1.29, 1.82) is 0 Å². The molecule has 0 spiro atoms. The van der Waals surface area contributed by atoms with Crippen LogP contribution in [0.4, 0.5) is 15.8 Å². The Kier molecular flexibility index (Phi) is 11.2. The summed E-state index contributed by atoms with van der Waals surface area (Å²) in [7, 11) is -4.42. The van der Waals surface area contributed by atoms with Gasteiger partial charge in [-0.3, -0.25) is 24.0 Å². The predicted molar refractivity (Wildman–Crippen MR) is 173 cm³/mol. The van der Waals surface area contributed by atoms with Crippen molar-refractivity contribution in [3.8, 4) is 0 Å². The van der Waals surface area contributed by atoms with Crippen LogP contribution in [0.15, 0.2) is 114 Å². The number of nitrogens with zero attached hydrogens (tertiary/aromatic N) is 3. The summed E-state index contributed by atoms with van der Waals surface area (Å²) < 4.78 is 42.6. The van der Waals surface area contributed by atoms with Crippen LogP contribution < -0.4 is 9.62 Å². The summed E-state index contributed by atoms with van der Waals surface area (Å²) in [6.07, 6.45) is 0.740. The van der Waals surface area contributed by atoms with Crippen molar-refractivity contribution in [3.05, 3.63) is 136 Å². The number of amides is 2. The van der Waals surface area contributed by atoms with E-state index >= 15 is 0 Å². The van der Waals surface area contributed by atoms with Gasteiger partial charge >= 0.3 is 0 Å². The van der Waals surface area contributed by atoms with Crippen LogP contribution in [-0.2, 0) is 32.6 Å². The molecule has 12 heteroatoms. The van der Waals surface area contributed by atoms with Crippen LogP contribution in [0.3, 0.4) is 0 Å². The number of sulfonamides is 1. The summed E-state index contributed by atoms with van der Waals surface area (Å²) in [4.78, 5) is 40.3. The number of carbonyl (C=O) groups is 2. The van der Waals surface area contributed by atoms with E-state index in [4.69, 9.17) is 0 Å². The van der Waals surface area contributed by atoms with E-state index in [1.165, 1.54) is 71.6 Å². The van der Waals surface area contributed by atoms with Gasteiger partial charge in [0.2, 0.25) is 11.8 Å². The first-order valence-electron chi connectivity index (χ1n) is 14.7. The summed E-state index contributed by atoms with van der Waals surface area (Å²) in [5, 5.41) is 14.5. The molecule has 0 aromatic heterocycles. The Balaban J connectivity index is 1.83. The molecule has 0 heterocycles. The molecule has 0 fully saturated rings. The first-order chi connectivity index (χ1) is 22.0. The molecule has 0 bridgehead atoms. The zero-order chi connectivity index (χ0) is 33.3. The van der Waals surface area contributed by atoms with Crippen molar-refractivity contribution in [2.24, 2.45) is 0 Å². The largest absolute Gasteiger partial charge is 0.352 e. The van der Waals surface area contributed by atoms with Crippen LogP contribution in [0.2, 0.25) is 0 Å². The second kappa shape index (κ2) is 15.3. The van der Waals surface area contributed by atoms with E-state index < -0.39 is 45.2 Å². The number of anilines is 1. The average Bonchev–Trinajstić information content (AvgIpc) is 3.06. The molecular formula is C34H35FN4O6S. The lowest BCUT2D eigenvalue weighted by Gasteiger charge is -2.34. The highest BCUT2D eigenvalue weighted by molar-refractivity contribution is 7.92. The lowest BCUT2D eigenvalue weighted by molar-refractivity contribution is -0.384. The Hall–Kier alpha value is -5.10. The van der Waals surface area contributed by atoms with E-state index in [0.717, 1.165) is 15.9 Å². The number of hydrogen-bond acceptors (Lipinski definition) is 6. The van der Waals surface area contributed by atoms with E-state index in [0.29, 0.717) is 12.0 Å². The zero-order valence-corrected chi connectivity index (χ0v) is 26.3. The Morgan fingerprint density at radius 1 is 0.891 bits per heavy atom. The van der Waals surface area contributed by atoms with Crippen molar-refractivity contribution < 1.29 is 27.3 Å². The van der Waals surface area contributed by atoms with Gasteiger partial charge in [-0.25, -0.2) is 12.8 Å². The minimum absolute atomic E-state index is 0.100. The van der Waals surface area contributed by atoms with Crippen molar-refractivity contribution >= 4 is 33.2 Å². The third-order valence-electron chi connectivity index (χ3n) is 7.48. The van der Waals surface area contributed by atoms with Crippen LogP contribution in [0.5, 0.6) is 0 Å². The van der Waals surface area contributed by atoms with E-state index in [1.807, 2.05) is 44.2 Å². The van der Waals surface area contributed by atoms with Crippen LogP contribution in [-0.4, -0.2) is 48.7 Å². The zero-order valence-electron chi connectivity index (χ0n) is 25.5. The van der Waals surface area contributed by atoms with Crippen molar-refractivity contribution in [2.75, 3.05) is 10.8 Å². The van der Waals surface area contributed by atoms with Gasteiger partial charge in [-0.2, -0.15) is 0 Å². The molecule has 1 N–H and O–H groups in total. The normalized spacial score (nSPS) is 12.5. The average molecular weight is 647 g/mol. The van der Waals surface area contributed by atoms with Crippen LogP contribution >= 0.6 is 0 Å². The second-order valence-corrected chi connectivity index (χ2v) is 12.6. The summed E-state index contributed by atoms with van der Waals surface area (Å²) in [6, 6.07) is 25.6. The van der Waals surface area contributed by atoms with Gasteiger partial charge in [0.05, 0.1) is 15.5 Å². The SMILES string of the molecule is CC[C@@H](C)NC(=O)[C@@H](Cc1ccccc1)N(Cc1ccc(F)cc1)C(=O)CN(c1cccc([N+](=O)[O-])c1)S(=O)(=O)c1ccccc1. The van der Waals surface area contributed by atoms with Gasteiger partial charge in [0.25, 0.3) is 15.7 Å². The van der Waals surface area contributed by atoms with Gasteiger partial charge in [-0.1, -0.05) is 73.7 Å². The van der Waals surface area contributed by atoms with Gasteiger partial charge in [0, 0.05) is 31.1 Å². The molecule has 0 unspecified atom stereocenters. The third-order valence-corrected chi connectivity index (χ3v) is 9.26. The minimum atomic E-state index is -4.42. The number of benzene rings is 4. The first kappa shape index (κ1) is 33.8. The quantitative estimate of drug-likeness (QED) is 0.143. The minimum Gasteiger partial charge on any atom is -0.352 e. The van der Waals surface area contributed by atoms with E-state index in [-0.39, 0.29) is 35.3 Å². The molecule has 0 aliphatic carbocycles. The fraction of sp³-hybridized carbons (Fsp3) is 0.235. The highest BCUT2D eigenvalue weighted by Crippen LogP contribution is 2.28. The number of nitro benzene ring substituents is 1. The highest BCUT2D eigenvalue weighted by atomic mass is 32.2. The molecule has 4 aromatic carbocycles. The van der Waals surface area contributed by atoms with E-state index in [2.05, 4.69) is 5.32 Å². The van der Waals surface area contributed by atoms with Crippen LogP contribution in [0.1, 0.15) is 31.4 Å². The molecule has 0 aliphatic heterocycles. The molecule has 2 atom stereocenters. The smallest absolute Gasteiger partial charge is 0.271 e. The Morgan fingerprint density at radius 2 is 1.52 bits per heavy atom. The maximum atomic E-state index is 14.4. The Bertz CT molecular complexity index is 1760. The van der Waals surface area contributed by atoms with Crippen molar-refractivity contribution in [2.45, 2.75) is 50.2 Å². The van der Waals surface area contributed by atoms with E-state index in [1.54, 1.807) is 6.07 Å². The molecule has 0 aliphatic rings. The van der Waals surface area contributed by atoms with Crippen LogP contribution in [0, 0.1) is 15.9 Å². The van der Waals surface area contributed by atoms with Gasteiger partial charge in [0.15, 0.2) is 0 Å². The summed E-state index contributed by atoms with van der Waals surface area (Å²) in [6.45, 7) is 2.82. The Labute approximate surface area is 267 Å². The van der Waals surface area contributed by atoms with Crippen molar-refractivity contribution in [1.82, 2.24) is 10.2 Å². The number of halogens is 1. The predicted octanol–water partition coefficient (Wildman–Crippen LogP) is 5.48. The maximum Gasteiger partial charge on any atom is 0.271 e. The topological polar surface area (TPSA) is 130 Å². The molecule has 46 heavy (non-hydrogen) atoms. The standard InChI is InChI=1S/C34H35FN4O6S/c1-3-25(2)36-34(41)32(21-26-11-6-4-7-12-26)37(23-27-17-19-28(35)20-18-27)33(40)24-38(29-13-10-14-30(22-29)39(42)43)46(44,45)31-15-8-5-9-16-31/h4-20,22,25,32H,3,21,23-24H2,1-2H3,(H,36,41)/t25-,32-/m1/s1. The van der Waals surface area contributed by atoms with Gasteiger partial charge in [-0.05, 0) is 54.8 Å². The molecule has 4 rings (SSSR count). The van der Waals surface area contributed by atoms with Gasteiger partial charge in [-0.15, -0.1) is 0 Å². The lowest BCUT2D eigenvalue weighted by Crippen LogP contribution is -2.54. The number of hydrogen-bond donors (Lipinski definition) is 1. The lowest BCUT2D eigenvalue weighted by atomic mass is 10.0. The van der Waals surface area contributed by atoms with Crippen molar-refractivity contribution in [3.63, 3.8) is 0 Å². The fourth-order valence-electron chi connectivity index (χ4n) is 4.79. The molecule has 0 saturated heterocycles. The number of carbonyl (C=O) groups excluding carboxylic acids is 2. The number of rotatable bonds is 14. The van der Waals surface area contributed by atoms with E-state index in [9.17, 15) is 32.5 Å². The molecule has 10 nitrogen and oxygen atoms in total. The molecule has 0 radical (unpaired) electrons. The number of nitrogens with one attached hydrogen (secondary N) is 1. The molecule has 2 amide bonds. The molecule has 4 aromatic rings. The van der Waals surface area contributed by atoms with Gasteiger partial charge < -0.3 is 10.2 Å².